The van der Waals surface area contributed by atoms with Gasteiger partial charge >= 0.3 is 6.03 Å². The molecule has 2 amide bonds. The van der Waals surface area contributed by atoms with Crippen LogP contribution < -0.4 is 10.0 Å². The molecular formula is C20H28N2O8S. The average molecular weight is 457 g/mol. The molecule has 31 heavy (non-hydrogen) atoms. The highest BCUT2D eigenvalue weighted by Crippen LogP contribution is 2.40. The molecule has 5 atom stereocenters. The summed E-state index contributed by atoms with van der Waals surface area (Å²) in [7, 11) is -4.05. The van der Waals surface area contributed by atoms with Gasteiger partial charge in [-0.25, -0.2) is 17.9 Å². The van der Waals surface area contributed by atoms with Crippen molar-refractivity contribution < 1.29 is 36.9 Å². The van der Waals surface area contributed by atoms with Crippen molar-refractivity contribution in [2.24, 2.45) is 0 Å². The van der Waals surface area contributed by atoms with Crippen molar-refractivity contribution in [3.63, 3.8) is 0 Å². The number of nitrogens with one attached hydrogen (secondary N) is 2. The Morgan fingerprint density at radius 2 is 1.68 bits per heavy atom. The molecule has 0 saturated carbocycles. The normalized spacial score (nSPS) is 33.8. The molecule has 0 aromatic heterocycles. The van der Waals surface area contributed by atoms with Crippen LogP contribution in [0, 0.1) is 6.92 Å². The summed E-state index contributed by atoms with van der Waals surface area (Å²) in [4.78, 5) is 12.7. The molecular weight excluding hydrogens is 428 g/mol. The van der Waals surface area contributed by atoms with E-state index in [4.69, 9.17) is 23.7 Å². The van der Waals surface area contributed by atoms with E-state index in [-0.39, 0.29) is 11.5 Å². The van der Waals surface area contributed by atoms with E-state index in [1.807, 2.05) is 11.6 Å². The Kier molecular flexibility index (Phi) is 5.56. The van der Waals surface area contributed by atoms with Crippen molar-refractivity contribution in [1.82, 2.24) is 10.0 Å². The van der Waals surface area contributed by atoms with Crippen molar-refractivity contribution in [2.75, 3.05) is 6.61 Å². The van der Waals surface area contributed by atoms with Crippen LogP contribution in [-0.4, -0.2) is 63.3 Å². The fourth-order valence-corrected chi connectivity index (χ4v) is 4.89. The highest BCUT2D eigenvalue weighted by Gasteiger charge is 2.58. The summed E-state index contributed by atoms with van der Waals surface area (Å²) in [6.45, 7) is 9.13. The van der Waals surface area contributed by atoms with E-state index in [1.165, 1.54) is 12.1 Å². The lowest BCUT2D eigenvalue weighted by Crippen LogP contribution is -2.55. The van der Waals surface area contributed by atoms with Crippen LogP contribution in [0.25, 0.3) is 0 Å². The van der Waals surface area contributed by atoms with Gasteiger partial charge in [0, 0.05) is 0 Å². The Hall–Kier alpha value is -1.76. The molecule has 10 nitrogen and oxygen atoms in total. The van der Waals surface area contributed by atoms with Crippen molar-refractivity contribution in [2.45, 2.75) is 81.7 Å². The van der Waals surface area contributed by atoms with E-state index in [2.05, 4.69) is 5.32 Å². The van der Waals surface area contributed by atoms with Gasteiger partial charge in [-0.05, 0) is 46.8 Å². The number of hydrogen-bond acceptors (Lipinski definition) is 8. The van der Waals surface area contributed by atoms with Gasteiger partial charge in [-0.2, -0.15) is 0 Å². The third-order valence-corrected chi connectivity index (χ3v) is 6.69. The first-order chi connectivity index (χ1) is 14.4. The Morgan fingerprint density at radius 1 is 1.00 bits per heavy atom. The lowest BCUT2D eigenvalue weighted by Gasteiger charge is -2.29. The first kappa shape index (κ1) is 22.4. The maximum atomic E-state index is 12.7. The van der Waals surface area contributed by atoms with Crippen LogP contribution in [0.15, 0.2) is 29.2 Å². The first-order valence-corrected chi connectivity index (χ1v) is 11.6. The molecule has 0 radical (unpaired) electrons. The number of rotatable bonds is 4. The summed E-state index contributed by atoms with van der Waals surface area (Å²) in [5.74, 6) is -1.70. The van der Waals surface area contributed by atoms with Gasteiger partial charge in [0.2, 0.25) is 0 Å². The van der Waals surface area contributed by atoms with E-state index in [9.17, 15) is 13.2 Å². The highest BCUT2D eigenvalue weighted by molar-refractivity contribution is 7.90. The highest BCUT2D eigenvalue weighted by atomic mass is 32.2. The molecule has 11 heteroatoms. The molecule has 5 unspecified atom stereocenters. The molecule has 3 aliphatic heterocycles. The zero-order valence-electron chi connectivity index (χ0n) is 18.1. The molecule has 172 valence electrons. The molecule has 1 aromatic rings. The molecule has 3 aliphatic rings. The van der Waals surface area contributed by atoms with Gasteiger partial charge in [0.05, 0.1) is 17.5 Å². The Bertz CT molecular complexity index is 946. The Labute approximate surface area is 181 Å². The number of carbonyl (C=O) groups excluding carboxylic acids is 1. The van der Waals surface area contributed by atoms with E-state index in [0.717, 1.165) is 5.56 Å². The van der Waals surface area contributed by atoms with E-state index < -0.39 is 58.3 Å². The number of amides is 2. The number of hydrogen-bond donors (Lipinski definition) is 2. The molecule has 1 aromatic carbocycles. The Balaban J connectivity index is 1.50. The second kappa shape index (κ2) is 7.68. The van der Waals surface area contributed by atoms with Crippen LogP contribution in [0.5, 0.6) is 0 Å². The summed E-state index contributed by atoms with van der Waals surface area (Å²) in [5, 5.41) is 2.68. The molecule has 4 rings (SSSR count). The van der Waals surface area contributed by atoms with Crippen molar-refractivity contribution in [3.05, 3.63) is 29.8 Å². The first-order valence-electron chi connectivity index (χ1n) is 10.1. The van der Waals surface area contributed by atoms with Gasteiger partial charge in [-0.15, -0.1) is 0 Å². The summed E-state index contributed by atoms with van der Waals surface area (Å²) < 4.78 is 56.4. The smallest absolute Gasteiger partial charge is 0.329 e. The lowest BCUT2D eigenvalue weighted by atomic mass is 10.0. The number of fused-ring (bicyclic) bond motifs is 1. The van der Waals surface area contributed by atoms with Crippen LogP contribution in [0.1, 0.15) is 33.3 Å². The van der Waals surface area contributed by atoms with E-state index >= 15 is 0 Å². The van der Waals surface area contributed by atoms with Crippen LogP contribution in [-0.2, 0) is 33.7 Å². The zero-order valence-corrected chi connectivity index (χ0v) is 18.9. The van der Waals surface area contributed by atoms with Gasteiger partial charge in [-0.3, -0.25) is 0 Å². The van der Waals surface area contributed by atoms with Crippen LogP contribution in [0.4, 0.5) is 4.79 Å². The van der Waals surface area contributed by atoms with E-state index in [1.54, 1.807) is 39.8 Å². The number of aryl methyl sites for hydroxylation is 1. The predicted octanol–water partition coefficient (Wildman–Crippen LogP) is 1.38. The number of urea groups is 1. The topological polar surface area (TPSA) is 121 Å². The fraction of sp³-hybridized carbons (Fsp3) is 0.650. The molecule has 3 saturated heterocycles. The van der Waals surface area contributed by atoms with Gasteiger partial charge in [-0.1, -0.05) is 17.7 Å². The summed E-state index contributed by atoms with van der Waals surface area (Å²) in [5.41, 5.74) is 0.906. The van der Waals surface area contributed by atoms with Gasteiger partial charge in [0.25, 0.3) is 10.0 Å². The third kappa shape index (κ3) is 4.71. The van der Waals surface area contributed by atoms with Crippen molar-refractivity contribution in [3.8, 4) is 0 Å². The van der Waals surface area contributed by atoms with Crippen molar-refractivity contribution in [1.29, 1.82) is 0 Å². The Morgan fingerprint density at radius 3 is 2.29 bits per heavy atom. The number of sulfonamides is 1. The lowest BCUT2D eigenvalue weighted by molar-refractivity contribution is -0.223. The van der Waals surface area contributed by atoms with Crippen LogP contribution in [0.2, 0.25) is 0 Å². The standard InChI is InChI=1S/C20H28N2O8S/c1-11-6-8-12(9-7-11)31(24,25)22-18(23)21-14-15(13-10-26-19(2,3)28-13)27-17-16(14)29-20(4,5)30-17/h6-9,13-17H,10H2,1-5H3,(H2,21,22,23). The largest absolute Gasteiger partial charge is 0.348 e. The molecule has 0 spiro atoms. The van der Waals surface area contributed by atoms with Crippen LogP contribution in [0.3, 0.4) is 0 Å². The van der Waals surface area contributed by atoms with Gasteiger partial charge in [0.1, 0.15) is 18.3 Å². The second-order valence-corrected chi connectivity index (χ2v) is 10.5. The molecule has 3 fully saturated rings. The second-order valence-electron chi connectivity index (χ2n) is 8.85. The van der Waals surface area contributed by atoms with Gasteiger partial charge in [0.15, 0.2) is 17.9 Å². The monoisotopic (exact) mass is 456 g/mol. The summed E-state index contributed by atoms with van der Waals surface area (Å²) in [6, 6.07) is 4.56. The minimum Gasteiger partial charge on any atom is -0.348 e. The maximum Gasteiger partial charge on any atom is 0.329 e. The van der Waals surface area contributed by atoms with E-state index in [0.29, 0.717) is 0 Å². The molecule has 2 N–H and O–H groups in total. The summed E-state index contributed by atoms with van der Waals surface area (Å²) in [6.07, 6.45) is -2.51. The molecule has 3 heterocycles. The number of benzene rings is 1. The minimum absolute atomic E-state index is 0.0128. The fourth-order valence-electron chi connectivity index (χ4n) is 3.97. The number of ether oxygens (including phenoxy) is 5. The van der Waals surface area contributed by atoms with Crippen molar-refractivity contribution >= 4 is 16.1 Å². The third-order valence-electron chi connectivity index (χ3n) is 5.34. The zero-order chi connectivity index (χ0) is 22.6. The summed E-state index contributed by atoms with van der Waals surface area (Å²) >= 11 is 0. The van der Waals surface area contributed by atoms with Crippen LogP contribution >= 0.6 is 0 Å². The quantitative estimate of drug-likeness (QED) is 0.697. The maximum absolute atomic E-state index is 12.7. The molecule has 0 aliphatic carbocycles. The number of carbonyl (C=O) groups is 1. The predicted molar refractivity (Wildman–Crippen MR) is 107 cm³/mol. The SMILES string of the molecule is Cc1ccc(S(=O)(=O)NC(=O)NC2C(C3COC(C)(C)O3)OC3OC(C)(C)OC32)cc1. The molecule has 0 bridgehead atoms. The van der Waals surface area contributed by atoms with Gasteiger partial charge < -0.3 is 29.0 Å². The average Bonchev–Trinajstić information content (AvgIpc) is 3.25. The minimum atomic E-state index is -4.05.